The first-order valence-corrected chi connectivity index (χ1v) is 9.22. The van der Waals surface area contributed by atoms with Crippen molar-refractivity contribution >= 4 is 0 Å². The van der Waals surface area contributed by atoms with Crippen molar-refractivity contribution in [2.75, 3.05) is 26.9 Å². The zero-order valence-corrected chi connectivity index (χ0v) is 15.9. The molecule has 1 aliphatic carbocycles. The molecule has 4 nitrogen and oxygen atoms in total. The third-order valence-electron chi connectivity index (χ3n) is 3.88. The van der Waals surface area contributed by atoms with Crippen molar-refractivity contribution < 1.29 is 18.9 Å². The second kappa shape index (κ2) is 11.3. The summed E-state index contributed by atoms with van der Waals surface area (Å²) < 4.78 is 24.0. The predicted molar refractivity (Wildman–Crippen MR) is 97.6 cm³/mol. The van der Waals surface area contributed by atoms with E-state index in [9.17, 15) is 0 Å². The number of hydrogen-bond donors (Lipinski definition) is 0. The molecular weight excluding hydrogens is 304 g/mol. The van der Waals surface area contributed by atoms with Crippen molar-refractivity contribution in [2.45, 2.75) is 65.1 Å². The molecule has 1 aliphatic rings. The van der Waals surface area contributed by atoms with Crippen LogP contribution in [0.5, 0.6) is 0 Å². The normalized spacial score (nSPS) is 16.6. The molecule has 0 bridgehead atoms. The summed E-state index contributed by atoms with van der Waals surface area (Å²) in [6, 6.07) is 0. The van der Waals surface area contributed by atoms with Crippen LogP contribution >= 0.6 is 0 Å². The first-order valence-electron chi connectivity index (χ1n) is 9.22. The van der Waals surface area contributed by atoms with Gasteiger partial charge in [-0.1, -0.05) is 46.6 Å². The number of rotatable bonds is 13. The Kier molecular flexibility index (Phi) is 9.80. The molecule has 4 heteroatoms. The Labute approximate surface area is 147 Å². The average molecular weight is 338 g/mol. The molecule has 0 atom stereocenters. The molecule has 0 saturated carbocycles. The van der Waals surface area contributed by atoms with Crippen LogP contribution in [0.3, 0.4) is 0 Å². The number of methoxy groups -OCH3 is 1. The topological polar surface area (TPSA) is 36.9 Å². The highest BCUT2D eigenvalue weighted by molar-refractivity contribution is 5.42. The van der Waals surface area contributed by atoms with Gasteiger partial charge in [-0.05, 0) is 37.0 Å². The van der Waals surface area contributed by atoms with Crippen LogP contribution in [-0.4, -0.2) is 32.7 Å². The largest absolute Gasteiger partial charge is 0.492 e. The van der Waals surface area contributed by atoms with Gasteiger partial charge in [0.15, 0.2) is 11.5 Å². The molecule has 0 aromatic heterocycles. The minimum absolute atomic E-state index is 0.583. The number of allylic oxidation sites excluding steroid dienone is 3. The summed E-state index contributed by atoms with van der Waals surface area (Å²) in [6.45, 7) is 12.3. The molecule has 0 unspecified atom stereocenters. The smallest absolute Gasteiger partial charge is 0.287 e. The van der Waals surface area contributed by atoms with E-state index in [1.54, 1.807) is 7.11 Å². The standard InChI is InChI=1S/C20H34O4/c1-6-9-12-22-18-15-17(4)16-19(23-13-10-7-2)20(18,21-5)24-14-11-8-3/h15-16H,4,6-14H2,1-3,5H3. The zero-order valence-electron chi connectivity index (χ0n) is 15.9. The number of ether oxygens (including phenoxy) is 4. The summed E-state index contributed by atoms with van der Waals surface area (Å²) >= 11 is 0. The summed E-state index contributed by atoms with van der Waals surface area (Å²) in [6.07, 6.45) is 9.88. The van der Waals surface area contributed by atoms with E-state index in [1.165, 1.54) is 0 Å². The second-order valence-electron chi connectivity index (χ2n) is 6.02. The Hall–Kier alpha value is -1.26. The molecule has 0 spiro atoms. The highest BCUT2D eigenvalue weighted by atomic mass is 16.7. The van der Waals surface area contributed by atoms with Gasteiger partial charge in [0.25, 0.3) is 5.79 Å². The van der Waals surface area contributed by atoms with Crippen LogP contribution < -0.4 is 0 Å². The molecule has 0 aromatic rings. The monoisotopic (exact) mass is 338 g/mol. The Morgan fingerprint density at radius 1 is 0.833 bits per heavy atom. The molecule has 0 heterocycles. The van der Waals surface area contributed by atoms with E-state index in [2.05, 4.69) is 27.4 Å². The van der Waals surface area contributed by atoms with Crippen LogP contribution in [-0.2, 0) is 18.9 Å². The van der Waals surface area contributed by atoms with E-state index in [1.807, 2.05) is 12.2 Å². The molecule has 0 aliphatic heterocycles. The summed E-state index contributed by atoms with van der Waals surface area (Å²) in [7, 11) is 1.63. The molecular formula is C20H34O4. The molecule has 24 heavy (non-hydrogen) atoms. The lowest BCUT2D eigenvalue weighted by Gasteiger charge is -2.37. The van der Waals surface area contributed by atoms with Gasteiger partial charge in [-0.3, -0.25) is 0 Å². The fourth-order valence-electron chi connectivity index (χ4n) is 2.38. The average Bonchev–Trinajstić information content (AvgIpc) is 2.57. The van der Waals surface area contributed by atoms with Gasteiger partial charge in [0.1, 0.15) is 0 Å². The predicted octanol–water partition coefficient (Wildman–Crippen LogP) is 5.12. The first-order chi connectivity index (χ1) is 11.6. The van der Waals surface area contributed by atoms with Crippen LogP contribution in [0.2, 0.25) is 0 Å². The van der Waals surface area contributed by atoms with Gasteiger partial charge in [-0.15, -0.1) is 0 Å². The lowest BCUT2D eigenvalue weighted by Crippen LogP contribution is -2.43. The molecule has 1 rings (SSSR count). The second-order valence-corrected chi connectivity index (χ2v) is 6.02. The summed E-state index contributed by atoms with van der Waals surface area (Å²) in [5.41, 5.74) is 0.833. The van der Waals surface area contributed by atoms with Gasteiger partial charge in [-0.25, -0.2) is 0 Å². The molecule has 0 N–H and O–H groups in total. The van der Waals surface area contributed by atoms with Gasteiger partial charge in [0.2, 0.25) is 0 Å². The van der Waals surface area contributed by atoms with Crippen molar-refractivity contribution in [2.24, 2.45) is 0 Å². The van der Waals surface area contributed by atoms with Gasteiger partial charge in [0, 0.05) is 7.11 Å². The summed E-state index contributed by atoms with van der Waals surface area (Å²) in [5.74, 6) is 0.166. The Balaban J connectivity index is 3.00. The van der Waals surface area contributed by atoms with E-state index in [0.717, 1.165) is 44.1 Å². The number of unbranched alkanes of at least 4 members (excludes halogenated alkanes) is 3. The van der Waals surface area contributed by atoms with E-state index < -0.39 is 5.79 Å². The maximum absolute atomic E-state index is 6.15. The Morgan fingerprint density at radius 3 is 1.71 bits per heavy atom. The van der Waals surface area contributed by atoms with Gasteiger partial charge in [0.05, 0.1) is 19.8 Å². The van der Waals surface area contributed by atoms with Crippen LogP contribution in [0, 0.1) is 0 Å². The van der Waals surface area contributed by atoms with E-state index in [4.69, 9.17) is 18.9 Å². The third kappa shape index (κ3) is 5.67. The Morgan fingerprint density at radius 2 is 1.29 bits per heavy atom. The maximum Gasteiger partial charge on any atom is 0.287 e. The minimum atomic E-state index is -1.10. The highest BCUT2D eigenvalue weighted by Gasteiger charge is 2.45. The number of hydrogen-bond acceptors (Lipinski definition) is 4. The van der Waals surface area contributed by atoms with Gasteiger partial charge < -0.3 is 18.9 Å². The summed E-state index contributed by atoms with van der Waals surface area (Å²) in [5, 5.41) is 0. The molecule has 0 amide bonds. The van der Waals surface area contributed by atoms with E-state index >= 15 is 0 Å². The van der Waals surface area contributed by atoms with Crippen LogP contribution in [0.4, 0.5) is 0 Å². The zero-order chi connectivity index (χ0) is 17.8. The Bertz CT molecular complexity index is 407. The van der Waals surface area contributed by atoms with Crippen molar-refractivity contribution in [3.05, 3.63) is 35.8 Å². The fourth-order valence-corrected chi connectivity index (χ4v) is 2.38. The van der Waals surface area contributed by atoms with Gasteiger partial charge >= 0.3 is 0 Å². The lowest BCUT2D eigenvalue weighted by molar-refractivity contribution is -0.216. The van der Waals surface area contributed by atoms with Crippen molar-refractivity contribution in [1.82, 2.24) is 0 Å². The third-order valence-corrected chi connectivity index (χ3v) is 3.88. The van der Waals surface area contributed by atoms with Crippen molar-refractivity contribution in [3.8, 4) is 0 Å². The maximum atomic E-state index is 6.15. The summed E-state index contributed by atoms with van der Waals surface area (Å²) in [4.78, 5) is 0. The highest BCUT2D eigenvalue weighted by Crippen LogP contribution is 2.38. The SMILES string of the molecule is C=C1C=C(OCCCC)C(OC)(OCCCC)C(OCCCC)=C1. The van der Waals surface area contributed by atoms with Crippen molar-refractivity contribution in [1.29, 1.82) is 0 Å². The molecule has 0 radical (unpaired) electrons. The molecule has 0 saturated heterocycles. The fraction of sp³-hybridized carbons (Fsp3) is 0.700. The minimum Gasteiger partial charge on any atom is -0.492 e. The van der Waals surface area contributed by atoms with Crippen molar-refractivity contribution in [3.63, 3.8) is 0 Å². The van der Waals surface area contributed by atoms with Crippen LogP contribution in [0.15, 0.2) is 35.8 Å². The van der Waals surface area contributed by atoms with Crippen LogP contribution in [0.1, 0.15) is 59.3 Å². The van der Waals surface area contributed by atoms with Crippen LogP contribution in [0.25, 0.3) is 0 Å². The van der Waals surface area contributed by atoms with Gasteiger partial charge in [-0.2, -0.15) is 0 Å². The molecule has 0 aromatic carbocycles. The lowest BCUT2D eigenvalue weighted by atomic mass is 10.0. The quantitative estimate of drug-likeness (QED) is 0.345. The first kappa shape index (κ1) is 20.8. The van der Waals surface area contributed by atoms with E-state index in [-0.39, 0.29) is 0 Å². The molecule has 0 fully saturated rings. The van der Waals surface area contributed by atoms with E-state index in [0.29, 0.717) is 31.3 Å². The molecule has 138 valence electrons.